The molecule has 0 saturated carbocycles. The molecule has 0 aromatic carbocycles. The smallest absolute Gasteiger partial charge is 0.0878 e. The Morgan fingerprint density at radius 1 is 1.64 bits per heavy atom. The second kappa shape index (κ2) is 3.53. The summed E-state index contributed by atoms with van der Waals surface area (Å²) in [6.07, 6.45) is 1.89. The molecule has 1 rings (SSSR count). The van der Waals surface area contributed by atoms with Crippen molar-refractivity contribution in [3.05, 3.63) is 18.0 Å². The highest BCUT2D eigenvalue weighted by Gasteiger charge is 1.98. The predicted octanol–water partition coefficient (Wildman–Crippen LogP) is 1.03. The fraction of sp³-hybridized carbons (Fsp3) is 0.625. The molecule has 0 unspecified atom stereocenters. The molecule has 1 heterocycles. The summed E-state index contributed by atoms with van der Waals surface area (Å²) in [5, 5.41) is 12.8. The van der Waals surface area contributed by atoms with Crippen molar-refractivity contribution in [2.75, 3.05) is 0 Å². The van der Waals surface area contributed by atoms with Crippen LogP contribution < -0.4 is 0 Å². The Morgan fingerprint density at radius 3 is 2.82 bits per heavy atom. The quantitative estimate of drug-likeness (QED) is 0.706. The van der Waals surface area contributed by atoms with Gasteiger partial charge in [-0.3, -0.25) is 4.68 Å². The topological polar surface area (TPSA) is 38.0 Å². The molecule has 0 radical (unpaired) electrons. The summed E-state index contributed by atoms with van der Waals surface area (Å²) in [6, 6.07) is 1.84. The van der Waals surface area contributed by atoms with Crippen LogP contribution in [-0.2, 0) is 13.2 Å². The highest BCUT2D eigenvalue weighted by molar-refractivity contribution is 4.96. The second-order valence-electron chi connectivity index (χ2n) is 3.08. The summed E-state index contributed by atoms with van der Waals surface area (Å²) in [4.78, 5) is 0. The number of aliphatic hydroxyl groups excluding tert-OH is 1. The number of hydrogen-bond acceptors (Lipinski definition) is 2. The third-order valence-corrected chi connectivity index (χ3v) is 1.41. The number of nitrogens with zero attached hydrogens (tertiary/aromatic N) is 2. The molecule has 0 spiro atoms. The molecule has 62 valence electrons. The van der Waals surface area contributed by atoms with Gasteiger partial charge in [0, 0.05) is 12.7 Å². The maximum absolute atomic E-state index is 8.71. The molecule has 1 N–H and O–H groups in total. The fourth-order valence-electron chi connectivity index (χ4n) is 0.964. The van der Waals surface area contributed by atoms with Crippen LogP contribution in [0.1, 0.15) is 19.5 Å². The summed E-state index contributed by atoms with van der Waals surface area (Å²) >= 11 is 0. The third-order valence-electron chi connectivity index (χ3n) is 1.41. The van der Waals surface area contributed by atoms with Crippen LogP contribution in [0.4, 0.5) is 0 Å². The van der Waals surface area contributed by atoms with Crippen LogP contribution in [0.3, 0.4) is 0 Å². The van der Waals surface area contributed by atoms with Crippen LogP contribution >= 0.6 is 0 Å². The SMILES string of the molecule is CC(C)Cn1ccc(CO)n1. The number of rotatable bonds is 3. The molecule has 11 heavy (non-hydrogen) atoms. The first-order chi connectivity index (χ1) is 5.22. The number of aliphatic hydroxyl groups is 1. The van der Waals surface area contributed by atoms with E-state index in [9.17, 15) is 0 Å². The molecule has 0 aliphatic rings. The van der Waals surface area contributed by atoms with E-state index in [1.54, 1.807) is 0 Å². The normalized spacial score (nSPS) is 10.9. The van der Waals surface area contributed by atoms with Crippen molar-refractivity contribution in [2.45, 2.75) is 27.0 Å². The van der Waals surface area contributed by atoms with E-state index in [2.05, 4.69) is 18.9 Å². The molecule has 3 heteroatoms. The largest absolute Gasteiger partial charge is 0.390 e. The van der Waals surface area contributed by atoms with E-state index in [0.717, 1.165) is 12.2 Å². The molecule has 3 nitrogen and oxygen atoms in total. The Bertz CT molecular complexity index is 218. The van der Waals surface area contributed by atoms with Crippen LogP contribution in [0.2, 0.25) is 0 Å². The standard InChI is InChI=1S/C8H14N2O/c1-7(2)5-10-4-3-8(6-11)9-10/h3-4,7,11H,5-6H2,1-2H3. The zero-order chi connectivity index (χ0) is 8.27. The molecule has 1 aromatic rings. The van der Waals surface area contributed by atoms with Gasteiger partial charge in [-0.15, -0.1) is 0 Å². The van der Waals surface area contributed by atoms with Crippen molar-refractivity contribution in [1.29, 1.82) is 0 Å². The van der Waals surface area contributed by atoms with E-state index in [1.165, 1.54) is 0 Å². The highest BCUT2D eigenvalue weighted by Crippen LogP contribution is 2.00. The fourth-order valence-corrected chi connectivity index (χ4v) is 0.964. The molecule has 0 atom stereocenters. The van der Waals surface area contributed by atoms with Gasteiger partial charge in [0.1, 0.15) is 0 Å². The van der Waals surface area contributed by atoms with Crippen LogP contribution in [0.15, 0.2) is 12.3 Å². The van der Waals surface area contributed by atoms with Gasteiger partial charge in [0.05, 0.1) is 12.3 Å². The summed E-state index contributed by atoms with van der Waals surface area (Å²) in [5.74, 6) is 0.599. The van der Waals surface area contributed by atoms with Crippen molar-refractivity contribution in [3.8, 4) is 0 Å². The first kappa shape index (κ1) is 8.27. The Kier molecular flexibility index (Phi) is 2.65. The number of aromatic nitrogens is 2. The molecular weight excluding hydrogens is 140 g/mol. The van der Waals surface area contributed by atoms with Crippen molar-refractivity contribution >= 4 is 0 Å². The first-order valence-electron chi connectivity index (χ1n) is 3.85. The Balaban J connectivity index is 2.58. The zero-order valence-electron chi connectivity index (χ0n) is 6.99. The average Bonchev–Trinajstić information content (AvgIpc) is 2.34. The van der Waals surface area contributed by atoms with Crippen LogP contribution in [0.5, 0.6) is 0 Å². The lowest BCUT2D eigenvalue weighted by Crippen LogP contribution is -2.05. The average molecular weight is 154 g/mol. The summed E-state index contributed by atoms with van der Waals surface area (Å²) in [6.45, 7) is 5.23. The zero-order valence-corrected chi connectivity index (χ0v) is 6.99. The van der Waals surface area contributed by atoms with Gasteiger partial charge in [0.25, 0.3) is 0 Å². The van der Waals surface area contributed by atoms with Crippen LogP contribution in [0.25, 0.3) is 0 Å². The molecular formula is C8H14N2O. The lowest BCUT2D eigenvalue weighted by Gasteiger charge is -2.03. The summed E-state index contributed by atoms with van der Waals surface area (Å²) in [7, 11) is 0. The Morgan fingerprint density at radius 2 is 2.36 bits per heavy atom. The van der Waals surface area contributed by atoms with Crippen molar-refractivity contribution < 1.29 is 5.11 Å². The molecule has 0 amide bonds. The van der Waals surface area contributed by atoms with E-state index < -0.39 is 0 Å². The molecule has 1 aromatic heterocycles. The van der Waals surface area contributed by atoms with Crippen molar-refractivity contribution in [3.63, 3.8) is 0 Å². The van der Waals surface area contributed by atoms with E-state index in [-0.39, 0.29) is 6.61 Å². The first-order valence-corrected chi connectivity index (χ1v) is 3.85. The second-order valence-corrected chi connectivity index (χ2v) is 3.08. The maximum atomic E-state index is 8.71. The van der Waals surface area contributed by atoms with Crippen molar-refractivity contribution in [1.82, 2.24) is 9.78 Å². The molecule has 0 aliphatic heterocycles. The molecule has 0 aliphatic carbocycles. The van der Waals surface area contributed by atoms with Gasteiger partial charge < -0.3 is 5.11 Å². The van der Waals surface area contributed by atoms with Gasteiger partial charge in [-0.1, -0.05) is 13.8 Å². The van der Waals surface area contributed by atoms with Crippen LogP contribution in [-0.4, -0.2) is 14.9 Å². The van der Waals surface area contributed by atoms with E-state index >= 15 is 0 Å². The Hall–Kier alpha value is -0.830. The van der Waals surface area contributed by atoms with Gasteiger partial charge in [0.15, 0.2) is 0 Å². The maximum Gasteiger partial charge on any atom is 0.0878 e. The van der Waals surface area contributed by atoms with E-state index in [1.807, 2.05) is 16.9 Å². The molecule has 0 saturated heterocycles. The van der Waals surface area contributed by atoms with Crippen molar-refractivity contribution in [2.24, 2.45) is 5.92 Å². The minimum Gasteiger partial charge on any atom is -0.390 e. The molecule has 0 bridgehead atoms. The van der Waals surface area contributed by atoms with E-state index in [4.69, 9.17) is 5.11 Å². The lowest BCUT2D eigenvalue weighted by atomic mass is 10.2. The minimum atomic E-state index is 0.0328. The predicted molar refractivity (Wildman–Crippen MR) is 43.0 cm³/mol. The van der Waals surface area contributed by atoms with Gasteiger partial charge >= 0.3 is 0 Å². The Labute approximate surface area is 66.7 Å². The highest BCUT2D eigenvalue weighted by atomic mass is 16.3. The van der Waals surface area contributed by atoms with Gasteiger partial charge in [-0.05, 0) is 12.0 Å². The van der Waals surface area contributed by atoms with Gasteiger partial charge in [-0.2, -0.15) is 5.10 Å². The third kappa shape index (κ3) is 2.35. The van der Waals surface area contributed by atoms with E-state index in [0.29, 0.717) is 5.92 Å². The van der Waals surface area contributed by atoms with Crippen LogP contribution in [0, 0.1) is 5.92 Å². The minimum absolute atomic E-state index is 0.0328. The number of hydrogen-bond donors (Lipinski definition) is 1. The lowest BCUT2D eigenvalue weighted by molar-refractivity contribution is 0.274. The molecule has 0 fully saturated rings. The van der Waals surface area contributed by atoms with Gasteiger partial charge in [-0.25, -0.2) is 0 Å². The summed E-state index contributed by atoms with van der Waals surface area (Å²) in [5.41, 5.74) is 0.741. The summed E-state index contributed by atoms with van der Waals surface area (Å²) < 4.78 is 1.86. The monoisotopic (exact) mass is 154 g/mol. The van der Waals surface area contributed by atoms with Gasteiger partial charge in [0.2, 0.25) is 0 Å².